The minimum atomic E-state index is -0.0518. The van der Waals surface area contributed by atoms with E-state index in [9.17, 15) is 24.0 Å². The highest BCUT2D eigenvalue weighted by molar-refractivity contribution is 5.77. The number of nitrogens with one attached hydrogen (secondary N) is 5. The van der Waals surface area contributed by atoms with E-state index in [-0.39, 0.29) is 35.0 Å². The summed E-state index contributed by atoms with van der Waals surface area (Å²) in [5.74, 6) is 0.339. The number of unbranched alkanes of at least 4 members (excludes halogenated alkanes) is 8. The van der Waals surface area contributed by atoms with Crippen LogP contribution in [0.2, 0.25) is 0 Å². The summed E-state index contributed by atoms with van der Waals surface area (Å²) in [7, 11) is 0. The Bertz CT molecular complexity index is 1140. The normalized spacial score (nSPS) is 13.0. The Labute approximate surface area is 381 Å². The molecule has 11 heteroatoms. The van der Waals surface area contributed by atoms with E-state index in [0.717, 1.165) is 129 Å². The molecule has 0 aromatic carbocycles. The van der Waals surface area contributed by atoms with Crippen LogP contribution >= 0.6 is 0 Å². The van der Waals surface area contributed by atoms with Gasteiger partial charge in [0.05, 0.1) is 13.2 Å². The molecule has 0 aliphatic rings. The van der Waals surface area contributed by atoms with Gasteiger partial charge in [0, 0.05) is 64.8 Å². The van der Waals surface area contributed by atoms with Crippen molar-refractivity contribution < 1.29 is 28.7 Å². The Hall–Kier alpha value is -2.69. The molecule has 0 saturated heterocycles. The minimum absolute atomic E-state index is 0.0445. The summed E-state index contributed by atoms with van der Waals surface area (Å²) in [5, 5.41) is 15.0. The van der Waals surface area contributed by atoms with Crippen molar-refractivity contribution in [2.24, 2.45) is 21.7 Å². The maximum absolute atomic E-state index is 12.6. The van der Waals surface area contributed by atoms with Crippen molar-refractivity contribution >= 4 is 29.5 Å². The van der Waals surface area contributed by atoms with Crippen LogP contribution in [-0.4, -0.2) is 75.5 Å². The van der Waals surface area contributed by atoms with Crippen molar-refractivity contribution in [3.05, 3.63) is 0 Å². The number of rotatable bonds is 38. The lowest BCUT2D eigenvalue weighted by Gasteiger charge is -2.30. The fraction of sp³-hybridized carbons (Fsp3) is 0.902. The van der Waals surface area contributed by atoms with E-state index in [1.165, 1.54) is 0 Å². The fourth-order valence-electron chi connectivity index (χ4n) is 7.38. The first kappa shape index (κ1) is 59.3. The van der Waals surface area contributed by atoms with Crippen molar-refractivity contribution in [2.75, 3.05) is 45.9 Å². The first-order valence-electron chi connectivity index (χ1n) is 25.0. The molecule has 0 aromatic heterocycles. The number of hydrogen-bond acceptors (Lipinski definition) is 6. The molecule has 0 aromatic rings. The molecular weight excluding hydrogens is 779 g/mol. The van der Waals surface area contributed by atoms with Crippen molar-refractivity contribution in [3.8, 4) is 0 Å². The lowest BCUT2D eigenvalue weighted by Crippen LogP contribution is -2.30. The van der Waals surface area contributed by atoms with Crippen LogP contribution in [0.5, 0.6) is 0 Å². The lowest BCUT2D eigenvalue weighted by atomic mass is 9.80. The van der Waals surface area contributed by atoms with Gasteiger partial charge in [0.2, 0.25) is 29.5 Å². The summed E-state index contributed by atoms with van der Waals surface area (Å²) in [6, 6.07) is 0. The number of ether oxygens (including phenoxy) is 1. The SMILES string of the molecule is CC(C)(C)CCCCC(=O)NCCCCCCCC(C)(CCCCC(=O)NCCCNC(=O)CCCCC(C)(C)C)COCCC(=O)NCCCNC(=O)CCCCC(C)(C)C. The van der Waals surface area contributed by atoms with Gasteiger partial charge in [0.1, 0.15) is 0 Å². The van der Waals surface area contributed by atoms with Crippen molar-refractivity contribution in [1.29, 1.82) is 0 Å². The van der Waals surface area contributed by atoms with Gasteiger partial charge in [-0.25, -0.2) is 0 Å². The smallest absolute Gasteiger partial charge is 0.222 e. The molecule has 0 bridgehead atoms. The Balaban J connectivity index is 4.54. The Morgan fingerprint density at radius 3 is 0.952 bits per heavy atom. The summed E-state index contributed by atoms with van der Waals surface area (Å²) in [6.07, 6.45) is 22.3. The maximum Gasteiger partial charge on any atom is 0.222 e. The van der Waals surface area contributed by atoms with Gasteiger partial charge in [0.25, 0.3) is 0 Å². The summed E-state index contributed by atoms with van der Waals surface area (Å²) in [6.45, 7) is 26.2. The molecule has 0 heterocycles. The minimum Gasteiger partial charge on any atom is -0.380 e. The van der Waals surface area contributed by atoms with Crippen LogP contribution in [0.25, 0.3) is 0 Å². The second-order valence-corrected chi connectivity index (χ2v) is 22.1. The molecule has 5 N–H and O–H groups in total. The quantitative estimate of drug-likeness (QED) is 0.0389. The fourth-order valence-corrected chi connectivity index (χ4v) is 7.38. The zero-order valence-corrected chi connectivity index (χ0v) is 42.1. The molecule has 0 radical (unpaired) electrons. The highest BCUT2D eigenvalue weighted by atomic mass is 16.5. The Morgan fingerprint density at radius 1 is 0.323 bits per heavy atom. The third-order valence-electron chi connectivity index (χ3n) is 11.4. The standard InChI is InChI=1S/C51H99N5O6/c1-48(2,3)31-19-14-26-43(57)52-36-23-13-11-12-18-34-51(10,35-22-17-29-46(60)55-38-24-37-53-44(58)27-15-20-32-49(4,5)6)42-62-41-30-47(61)56-40-25-39-54-45(59)28-16-21-33-50(7,8)9/h11-42H2,1-10H3,(H,52,57)(H,53,58)(H,54,59)(H,55,60)(H,56,61). The van der Waals surface area contributed by atoms with Crippen LogP contribution in [0.3, 0.4) is 0 Å². The van der Waals surface area contributed by atoms with Crippen LogP contribution in [0.15, 0.2) is 0 Å². The van der Waals surface area contributed by atoms with Gasteiger partial charge in [-0.2, -0.15) is 0 Å². The predicted octanol–water partition coefficient (Wildman–Crippen LogP) is 10.5. The summed E-state index contributed by atoms with van der Waals surface area (Å²) < 4.78 is 6.12. The van der Waals surface area contributed by atoms with Crippen LogP contribution in [-0.2, 0) is 28.7 Å². The topological polar surface area (TPSA) is 155 Å². The molecule has 0 aliphatic heterocycles. The third-order valence-corrected chi connectivity index (χ3v) is 11.4. The highest BCUT2D eigenvalue weighted by Crippen LogP contribution is 2.32. The number of amides is 5. The van der Waals surface area contributed by atoms with Crippen LogP contribution in [0, 0.1) is 21.7 Å². The van der Waals surface area contributed by atoms with Gasteiger partial charge >= 0.3 is 0 Å². The molecule has 364 valence electrons. The molecule has 0 spiro atoms. The van der Waals surface area contributed by atoms with Gasteiger partial charge in [-0.1, -0.05) is 121 Å². The van der Waals surface area contributed by atoms with Crippen LogP contribution in [0.1, 0.15) is 230 Å². The second-order valence-electron chi connectivity index (χ2n) is 22.1. The van der Waals surface area contributed by atoms with E-state index in [1.54, 1.807) is 0 Å². The van der Waals surface area contributed by atoms with Gasteiger partial charge in [-0.15, -0.1) is 0 Å². The largest absolute Gasteiger partial charge is 0.380 e. The average Bonchev–Trinajstić information content (AvgIpc) is 3.17. The Kier molecular flexibility index (Phi) is 33.2. The van der Waals surface area contributed by atoms with Crippen LogP contribution in [0.4, 0.5) is 0 Å². The molecule has 0 saturated carbocycles. The zero-order valence-electron chi connectivity index (χ0n) is 42.1. The zero-order chi connectivity index (χ0) is 46.8. The van der Waals surface area contributed by atoms with E-state index in [2.05, 4.69) is 95.8 Å². The molecule has 62 heavy (non-hydrogen) atoms. The van der Waals surface area contributed by atoms with E-state index < -0.39 is 0 Å². The molecule has 1 atom stereocenters. The summed E-state index contributed by atoms with van der Waals surface area (Å²) in [5.41, 5.74) is 0.864. The van der Waals surface area contributed by atoms with E-state index in [0.29, 0.717) is 94.2 Å². The van der Waals surface area contributed by atoms with Crippen molar-refractivity contribution in [2.45, 2.75) is 230 Å². The number of carbonyl (C=O) groups excluding carboxylic acids is 5. The van der Waals surface area contributed by atoms with Crippen molar-refractivity contribution in [3.63, 3.8) is 0 Å². The highest BCUT2D eigenvalue weighted by Gasteiger charge is 2.24. The molecule has 5 amide bonds. The van der Waals surface area contributed by atoms with Gasteiger partial charge < -0.3 is 31.3 Å². The van der Waals surface area contributed by atoms with Gasteiger partial charge in [-0.3, -0.25) is 24.0 Å². The molecule has 0 rings (SSSR count). The third kappa shape index (κ3) is 42.6. The summed E-state index contributed by atoms with van der Waals surface area (Å²) in [4.78, 5) is 61.5. The number of carbonyl (C=O) groups is 5. The number of hydrogen-bond donors (Lipinski definition) is 5. The van der Waals surface area contributed by atoms with E-state index in [1.807, 2.05) is 0 Å². The predicted molar refractivity (Wildman–Crippen MR) is 258 cm³/mol. The molecule has 0 aliphatic carbocycles. The monoisotopic (exact) mass is 878 g/mol. The van der Waals surface area contributed by atoms with Gasteiger partial charge in [-0.05, 0) is 98.7 Å². The molecule has 11 nitrogen and oxygen atoms in total. The first-order chi connectivity index (χ1) is 29.1. The van der Waals surface area contributed by atoms with E-state index in [4.69, 9.17) is 4.74 Å². The molecule has 1 unspecified atom stereocenters. The molecular formula is C51H99N5O6. The summed E-state index contributed by atoms with van der Waals surface area (Å²) >= 11 is 0. The second kappa shape index (κ2) is 34.7. The van der Waals surface area contributed by atoms with Crippen LogP contribution < -0.4 is 26.6 Å². The maximum atomic E-state index is 12.6. The molecule has 0 fully saturated rings. The van der Waals surface area contributed by atoms with E-state index >= 15 is 0 Å². The Morgan fingerprint density at radius 2 is 0.597 bits per heavy atom. The lowest BCUT2D eigenvalue weighted by molar-refractivity contribution is -0.123. The van der Waals surface area contributed by atoms with Gasteiger partial charge in [0.15, 0.2) is 0 Å². The van der Waals surface area contributed by atoms with Crippen molar-refractivity contribution in [1.82, 2.24) is 26.6 Å². The average molecular weight is 878 g/mol. The first-order valence-corrected chi connectivity index (χ1v) is 25.0.